The van der Waals surface area contributed by atoms with Crippen molar-refractivity contribution in [2.75, 3.05) is 47.2 Å². The second-order valence-corrected chi connectivity index (χ2v) is 8.24. The summed E-state index contributed by atoms with van der Waals surface area (Å²) in [6.07, 6.45) is 1.18. The summed E-state index contributed by atoms with van der Waals surface area (Å²) in [5, 5.41) is 3.48. The summed E-state index contributed by atoms with van der Waals surface area (Å²) in [4.78, 5) is 8.17. The number of guanidine groups is 1. The average molecular weight is 430 g/mol. The van der Waals surface area contributed by atoms with Crippen LogP contribution in [0.15, 0.2) is 52.4 Å². The third-order valence-electron chi connectivity index (χ3n) is 5.25. The molecule has 1 N–H and O–H groups in total. The monoisotopic (exact) mass is 429 g/mol. The standard InChI is InChI=1S/C23H31N3O3S/c1-24-23(25-14-18-12-21(28-3)22(29-4)13-20(18)27-2)26-11-10-17(15-26)16-30-19-8-6-5-7-9-19/h5-9,12-13,17H,10-11,14-16H2,1-4H3,(H,24,25). The normalized spacial score (nSPS) is 16.5. The molecule has 0 radical (unpaired) electrons. The molecule has 1 aliphatic rings. The first-order valence-electron chi connectivity index (χ1n) is 10.1. The predicted octanol–water partition coefficient (Wildman–Crippen LogP) is 3.90. The van der Waals surface area contributed by atoms with E-state index in [4.69, 9.17) is 14.2 Å². The maximum atomic E-state index is 5.54. The Hall–Kier alpha value is -2.54. The molecule has 1 unspecified atom stereocenters. The van der Waals surface area contributed by atoms with Crippen molar-refractivity contribution >= 4 is 17.7 Å². The van der Waals surface area contributed by atoms with Gasteiger partial charge in [-0.15, -0.1) is 11.8 Å². The number of nitrogens with zero attached hydrogens (tertiary/aromatic N) is 2. The van der Waals surface area contributed by atoms with Crippen LogP contribution in [-0.4, -0.2) is 58.1 Å². The Morgan fingerprint density at radius 1 is 1.07 bits per heavy atom. The largest absolute Gasteiger partial charge is 0.496 e. The van der Waals surface area contributed by atoms with Crippen molar-refractivity contribution in [3.63, 3.8) is 0 Å². The number of ether oxygens (including phenoxy) is 3. The van der Waals surface area contributed by atoms with E-state index >= 15 is 0 Å². The van der Waals surface area contributed by atoms with Gasteiger partial charge in [0.1, 0.15) is 5.75 Å². The van der Waals surface area contributed by atoms with Gasteiger partial charge in [-0.05, 0) is 30.5 Å². The number of nitrogens with one attached hydrogen (secondary N) is 1. The summed E-state index contributed by atoms with van der Waals surface area (Å²) in [5.41, 5.74) is 0.992. The molecule has 1 atom stereocenters. The minimum atomic E-state index is 0.593. The highest BCUT2D eigenvalue weighted by Crippen LogP contribution is 2.34. The Morgan fingerprint density at radius 3 is 2.43 bits per heavy atom. The lowest BCUT2D eigenvalue weighted by atomic mass is 10.1. The number of thioether (sulfide) groups is 1. The maximum absolute atomic E-state index is 5.54. The van der Waals surface area contributed by atoms with Gasteiger partial charge in [0.05, 0.1) is 21.3 Å². The van der Waals surface area contributed by atoms with Crippen LogP contribution < -0.4 is 19.5 Å². The van der Waals surface area contributed by atoms with Crippen LogP contribution in [0.25, 0.3) is 0 Å². The van der Waals surface area contributed by atoms with Gasteiger partial charge in [-0.2, -0.15) is 0 Å². The second kappa shape index (κ2) is 11.0. The molecule has 1 heterocycles. The molecule has 162 valence electrons. The Bertz CT molecular complexity index is 845. The molecule has 2 aromatic carbocycles. The van der Waals surface area contributed by atoms with Gasteiger partial charge in [0.15, 0.2) is 17.5 Å². The lowest BCUT2D eigenvalue weighted by Gasteiger charge is -2.22. The fraction of sp³-hybridized carbons (Fsp3) is 0.435. The van der Waals surface area contributed by atoms with Crippen molar-refractivity contribution < 1.29 is 14.2 Å². The van der Waals surface area contributed by atoms with Crippen molar-refractivity contribution in [2.45, 2.75) is 17.9 Å². The van der Waals surface area contributed by atoms with Crippen molar-refractivity contribution in [2.24, 2.45) is 10.9 Å². The van der Waals surface area contributed by atoms with Crippen molar-refractivity contribution in [3.8, 4) is 17.2 Å². The van der Waals surface area contributed by atoms with E-state index < -0.39 is 0 Å². The number of methoxy groups -OCH3 is 3. The van der Waals surface area contributed by atoms with Gasteiger partial charge >= 0.3 is 0 Å². The van der Waals surface area contributed by atoms with Crippen LogP contribution in [0.2, 0.25) is 0 Å². The van der Waals surface area contributed by atoms with Gasteiger partial charge in [-0.1, -0.05) is 18.2 Å². The summed E-state index contributed by atoms with van der Waals surface area (Å²) in [6, 6.07) is 14.4. The fourth-order valence-corrected chi connectivity index (χ4v) is 4.68. The average Bonchev–Trinajstić information content (AvgIpc) is 3.27. The Labute approximate surface area is 183 Å². The molecule has 0 amide bonds. The summed E-state index contributed by atoms with van der Waals surface area (Å²) in [5.74, 6) is 4.80. The molecule has 2 aromatic rings. The van der Waals surface area contributed by atoms with Gasteiger partial charge in [0.25, 0.3) is 0 Å². The van der Waals surface area contributed by atoms with Crippen LogP contribution in [0.4, 0.5) is 0 Å². The van der Waals surface area contributed by atoms with Crippen molar-refractivity contribution in [1.29, 1.82) is 0 Å². The van der Waals surface area contributed by atoms with Crippen LogP contribution in [0.1, 0.15) is 12.0 Å². The van der Waals surface area contributed by atoms with E-state index in [1.165, 1.54) is 11.3 Å². The number of rotatable bonds is 8. The first-order chi connectivity index (χ1) is 14.7. The van der Waals surface area contributed by atoms with Gasteiger partial charge in [-0.3, -0.25) is 4.99 Å². The van der Waals surface area contributed by atoms with E-state index in [1.807, 2.05) is 30.9 Å². The Kier molecular flexibility index (Phi) is 8.13. The highest BCUT2D eigenvalue weighted by molar-refractivity contribution is 7.99. The second-order valence-electron chi connectivity index (χ2n) is 7.14. The molecule has 0 spiro atoms. The smallest absolute Gasteiger partial charge is 0.193 e. The van der Waals surface area contributed by atoms with Crippen molar-refractivity contribution in [1.82, 2.24) is 10.2 Å². The van der Waals surface area contributed by atoms with E-state index in [0.29, 0.717) is 24.0 Å². The van der Waals surface area contributed by atoms with Crippen LogP contribution in [0.3, 0.4) is 0 Å². The maximum Gasteiger partial charge on any atom is 0.193 e. The number of aliphatic imine (C=N–C) groups is 1. The number of hydrogen-bond donors (Lipinski definition) is 1. The lowest BCUT2D eigenvalue weighted by molar-refractivity contribution is 0.347. The molecule has 1 aliphatic heterocycles. The molecule has 30 heavy (non-hydrogen) atoms. The predicted molar refractivity (Wildman–Crippen MR) is 123 cm³/mol. The molecule has 0 saturated carbocycles. The Morgan fingerprint density at radius 2 is 1.77 bits per heavy atom. The number of likely N-dealkylation sites (tertiary alicyclic amines) is 1. The van der Waals surface area contributed by atoms with Gasteiger partial charge in [0, 0.05) is 49.0 Å². The quantitative estimate of drug-likeness (QED) is 0.390. The van der Waals surface area contributed by atoms with Crippen molar-refractivity contribution in [3.05, 3.63) is 48.0 Å². The third kappa shape index (κ3) is 5.53. The minimum Gasteiger partial charge on any atom is -0.496 e. The summed E-state index contributed by atoms with van der Waals surface area (Å²) in [6.45, 7) is 2.63. The number of benzene rings is 2. The van der Waals surface area contributed by atoms with Gasteiger partial charge in [0.2, 0.25) is 0 Å². The molecule has 1 saturated heterocycles. The van der Waals surface area contributed by atoms with Crippen LogP contribution in [0, 0.1) is 5.92 Å². The van der Waals surface area contributed by atoms with Crippen LogP contribution >= 0.6 is 11.8 Å². The molecule has 3 rings (SSSR count). The molecule has 0 bridgehead atoms. The third-order valence-corrected chi connectivity index (χ3v) is 6.49. The van der Waals surface area contributed by atoms with E-state index in [-0.39, 0.29) is 0 Å². The summed E-state index contributed by atoms with van der Waals surface area (Å²) in [7, 11) is 6.75. The SMILES string of the molecule is CN=C(NCc1cc(OC)c(OC)cc1OC)N1CCC(CSc2ccccc2)C1. The zero-order chi connectivity index (χ0) is 21.3. The first kappa shape index (κ1) is 22.2. The van der Waals surface area contributed by atoms with Gasteiger partial charge < -0.3 is 24.4 Å². The first-order valence-corrected chi connectivity index (χ1v) is 11.1. The fourth-order valence-electron chi connectivity index (χ4n) is 3.63. The molecule has 0 aromatic heterocycles. The zero-order valence-corrected chi connectivity index (χ0v) is 19.0. The minimum absolute atomic E-state index is 0.593. The summed E-state index contributed by atoms with van der Waals surface area (Å²) >= 11 is 1.93. The molecule has 0 aliphatic carbocycles. The van der Waals surface area contributed by atoms with E-state index in [1.54, 1.807) is 21.3 Å². The van der Waals surface area contributed by atoms with Crippen LogP contribution in [0.5, 0.6) is 17.2 Å². The number of hydrogen-bond acceptors (Lipinski definition) is 5. The van der Waals surface area contributed by atoms with Crippen LogP contribution in [-0.2, 0) is 6.54 Å². The molecular weight excluding hydrogens is 398 g/mol. The highest BCUT2D eigenvalue weighted by Gasteiger charge is 2.25. The van der Waals surface area contributed by atoms with E-state index in [0.717, 1.165) is 36.1 Å². The lowest BCUT2D eigenvalue weighted by Crippen LogP contribution is -2.39. The van der Waals surface area contributed by atoms with E-state index in [9.17, 15) is 0 Å². The van der Waals surface area contributed by atoms with E-state index in [2.05, 4.69) is 45.5 Å². The Balaban J connectivity index is 1.57. The molecule has 7 heteroatoms. The molecule has 1 fully saturated rings. The highest BCUT2D eigenvalue weighted by atomic mass is 32.2. The summed E-state index contributed by atoms with van der Waals surface area (Å²) < 4.78 is 16.3. The zero-order valence-electron chi connectivity index (χ0n) is 18.2. The topological polar surface area (TPSA) is 55.3 Å². The van der Waals surface area contributed by atoms with Gasteiger partial charge in [-0.25, -0.2) is 0 Å². The molecule has 6 nitrogen and oxygen atoms in total. The molecular formula is C23H31N3O3S.